The molecule has 0 aromatic carbocycles. The van der Waals surface area contributed by atoms with Gasteiger partial charge in [-0.2, -0.15) is 0 Å². The van der Waals surface area contributed by atoms with Crippen LogP contribution in [0.2, 0.25) is 0 Å². The minimum absolute atomic E-state index is 0.369. The third-order valence-corrected chi connectivity index (χ3v) is 2.83. The van der Waals surface area contributed by atoms with Crippen molar-refractivity contribution in [3.05, 3.63) is 0 Å². The molecular formula is C16H34O2. The second-order valence-electron chi connectivity index (χ2n) is 7.55. The lowest BCUT2D eigenvalue weighted by Gasteiger charge is -2.18. The molecule has 0 spiro atoms. The Morgan fingerprint density at radius 3 is 1.56 bits per heavy atom. The van der Waals surface area contributed by atoms with Gasteiger partial charge < -0.3 is 9.47 Å². The Labute approximate surface area is 114 Å². The number of rotatable bonds is 9. The van der Waals surface area contributed by atoms with E-state index in [2.05, 4.69) is 41.5 Å². The van der Waals surface area contributed by atoms with Gasteiger partial charge in [-0.1, -0.05) is 48.0 Å². The Bertz CT molecular complexity index is 164. The molecule has 0 saturated carbocycles. The van der Waals surface area contributed by atoms with Gasteiger partial charge in [0.2, 0.25) is 0 Å². The number of unbranched alkanes of at least 4 members (excludes halogenated alkanes) is 1. The Kier molecular flexibility index (Phi) is 8.89. The standard InChI is InChI=1S/C16H34O2/c1-15(2,3)9-7-8-11-17-13-14-18-12-10-16(4,5)6/h7-14H2,1-6H3. The molecule has 2 heteroatoms. The molecule has 18 heavy (non-hydrogen) atoms. The summed E-state index contributed by atoms with van der Waals surface area (Å²) in [5.41, 5.74) is 0.823. The van der Waals surface area contributed by atoms with E-state index in [0.29, 0.717) is 10.8 Å². The van der Waals surface area contributed by atoms with Crippen LogP contribution in [0.1, 0.15) is 67.2 Å². The first-order valence-corrected chi connectivity index (χ1v) is 7.36. The van der Waals surface area contributed by atoms with E-state index in [9.17, 15) is 0 Å². The van der Waals surface area contributed by atoms with Crippen molar-refractivity contribution in [1.29, 1.82) is 0 Å². The van der Waals surface area contributed by atoms with Crippen LogP contribution in [0.15, 0.2) is 0 Å². The normalized spacial score (nSPS) is 13.0. The summed E-state index contributed by atoms with van der Waals surface area (Å²) in [5, 5.41) is 0. The molecule has 0 N–H and O–H groups in total. The van der Waals surface area contributed by atoms with Gasteiger partial charge in [0.25, 0.3) is 0 Å². The molecule has 0 aromatic heterocycles. The maximum Gasteiger partial charge on any atom is 0.0700 e. The van der Waals surface area contributed by atoms with Crippen molar-refractivity contribution in [1.82, 2.24) is 0 Å². The lowest BCUT2D eigenvalue weighted by atomic mass is 9.90. The van der Waals surface area contributed by atoms with Crippen LogP contribution < -0.4 is 0 Å². The summed E-state index contributed by atoms with van der Waals surface area (Å²) < 4.78 is 11.1. The topological polar surface area (TPSA) is 18.5 Å². The zero-order valence-corrected chi connectivity index (χ0v) is 13.5. The maximum atomic E-state index is 5.56. The van der Waals surface area contributed by atoms with Gasteiger partial charge in [-0.3, -0.25) is 0 Å². The van der Waals surface area contributed by atoms with Crippen LogP contribution in [0.25, 0.3) is 0 Å². The van der Waals surface area contributed by atoms with E-state index in [1.807, 2.05) is 0 Å². The van der Waals surface area contributed by atoms with Gasteiger partial charge in [-0.15, -0.1) is 0 Å². The van der Waals surface area contributed by atoms with Crippen LogP contribution in [0, 0.1) is 10.8 Å². The first kappa shape index (κ1) is 17.9. The van der Waals surface area contributed by atoms with E-state index >= 15 is 0 Å². The van der Waals surface area contributed by atoms with Crippen molar-refractivity contribution in [2.45, 2.75) is 67.2 Å². The molecular weight excluding hydrogens is 224 g/mol. The predicted octanol–water partition coefficient (Wildman–Crippen LogP) is 4.67. The molecule has 110 valence electrons. The lowest BCUT2D eigenvalue weighted by Crippen LogP contribution is -2.12. The molecule has 0 aromatic rings. The highest BCUT2D eigenvalue weighted by atomic mass is 16.5. The van der Waals surface area contributed by atoms with Crippen LogP contribution >= 0.6 is 0 Å². The van der Waals surface area contributed by atoms with Crippen molar-refractivity contribution in [3.63, 3.8) is 0 Å². The van der Waals surface area contributed by atoms with E-state index in [-0.39, 0.29) is 0 Å². The van der Waals surface area contributed by atoms with Crippen molar-refractivity contribution in [3.8, 4) is 0 Å². The van der Waals surface area contributed by atoms with Gasteiger partial charge >= 0.3 is 0 Å². The first-order valence-electron chi connectivity index (χ1n) is 7.36. The quantitative estimate of drug-likeness (QED) is 0.559. The zero-order valence-electron chi connectivity index (χ0n) is 13.5. The van der Waals surface area contributed by atoms with Crippen LogP contribution in [-0.4, -0.2) is 26.4 Å². The average Bonchev–Trinajstić information content (AvgIpc) is 2.17. The van der Waals surface area contributed by atoms with E-state index in [4.69, 9.17) is 9.47 Å². The fraction of sp³-hybridized carbons (Fsp3) is 1.00. The number of ether oxygens (including phenoxy) is 2. The molecule has 0 heterocycles. The van der Waals surface area contributed by atoms with Crippen LogP contribution in [0.5, 0.6) is 0 Å². The lowest BCUT2D eigenvalue weighted by molar-refractivity contribution is 0.0371. The van der Waals surface area contributed by atoms with Gasteiger partial charge in [-0.25, -0.2) is 0 Å². The highest BCUT2D eigenvalue weighted by Gasteiger charge is 2.09. The van der Waals surface area contributed by atoms with E-state index in [1.165, 1.54) is 19.3 Å². The highest BCUT2D eigenvalue weighted by molar-refractivity contribution is 4.61. The second kappa shape index (κ2) is 8.92. The van der Waals surface area contributed by atoms with Gasteiger partial charge in [0.1, 0.15) is 0 Å². The molecule has 0 bridgehead atoms. The van der Waals surface area contributed by atoms with Gasteiger partial charge in [0, 0.05) is 13.2 Å². The van der Waals surface area contributed by atoms with Gasteiger partial charge in [0.15, 0.2) is 0 Å². The molecule has 0 aliphatic heterocycles. The number of hydrogen-bond acceptors (Lipinski definition) is 2. The summed E-state index contributed by atoms with van der Waals surface area (Å²) >= 11 is 0. The molecule has 0 saturated heterocycles. The van der Waals surface area contributed by atoms with Crippen molar-refractivity contribution in [2.24, 2.45) is 10.8 Å². The van der Waals surface area contributed by atoms with Crippen molar-refractivity contribution in [2.75, 3.05) is 26.4 Å². The Morgan fingerprint density at radius 2 is 1.06 bits per heavy atom. The minimum Gasteiger partial charge on any atom is -0.379 e. The van der Waals surface area contributed by atoms with Crippen molar-refractivity contribution >= 4 is 0 Å². The number of hydrogen-bond donors (Lipinski definition) is 0. The van der Waals surface area contributed by atoms with Gasteiger partial charge in [-0.05, 0) is 30.1 Å². The zero-order chi connectivity index (χ0) is 14.1. The Balaban J connectivity index is 3.13. The Morgan fingerprint density at radius 1 is 0.556 bits per heavy atom. The Hall–Kier alpha value is -0.0800. The fourth-order valence-corrected chi connectivity index (χ4v) is 1.56. The van der Waals surface area contributed by atoms with E-state index < -0.39 is 0 Å². The first-order chi connectivity index (χ1) is 8.21. The largest absolute Gasteiger partial charge is 0.379 e. The average molecular weight is 258 g/mol. The molecule has 2 nitrogen and oxygen atoms in total. The highest BCUT2D eigenvalue weighted by Crippen LogP contribution is 2.21. The third kappa shape index (κ3) is 15.9. The van der Waals surface area contributed by atoms with Crippen molar-refractivity contribution < 1.29 is 9.47 Å². The molecule has 0 aliphatic rings. The van der Waals surface area contributed by atoms with E-state index in [0.717, 1.165) is 32.8 Å². The smallest absolute Gasteiger partial charge is 0.0700 e. The molecule has 0 radical (unpaired) electrons. The fourth-order valence-electron chi connectivity index (χ4n) is 1.56. The van der Waals surface area contributed by atoms with Crippen LogP contribution in [0.4, 0.5) is 0 Å². The third-order valence-electron chi connectivity index (χ3n) is 2.83. The second-order valence-corrected chi connectivity index (χ2v) is 7.55. The maximum absolute atomic E-state index is 5.56. The summed E-state index contributed by atoms with van der Waals surface area (Å²) in [5.74, 6) is 0. The molecule has 0 atom stereocenters. The molecule has 0 amide bonds. The van der Waals surface area contributed by atoms with Crippen LogP contribution in [-0.2, 0) is 9.47 Å². The van der Waals surface area contributed by atoms with E-state index in [1.54, 1.807) is 0 Å². The molecule has 0 rings (SSSR count). The summed E-state index contributed by atoms with van der Waals surface area (Å²) in [6.45, 7) is 16.8. The summed E-state index contributed by atoms with van der Waals surface area (Å²) in [7, 11) is 0. The molecule has 0 aliphatic carbocycles. The molecule has 0 unspecified atom stereocenters. The summed E-state index contributed by atoms with van der Waals surface area (Å²) in [6.07, 6.45) is 4.81. The SMILES string of the molecule is CC(C)(C)CCCCOCCOCCC(C)(C)C. The monoisotopic (exact) mass is 258 g/mol. The summed E-state index contributed by atoms with van der Waals surface area (Å²) in [6, 6.07) is 0. The van der Waals surface area contributed by atoms with Crippen LogP contribution in [0.3, 0.4) is 0 Å². The minimum atomic E-state index is 0.369. The summed E-state index contributed by atoms with van der Waals surface area (Å²) in [4.78, 5) is 0. The molecule has 0 fully saturated rings. The predicted molar refractivity (Wildman–Crippen MR) is 79.0 cm³/mol. The van der Waals surface area contributed by atoms with Gasteiger partial charge in [0.05, 0.1) is 13.2 Å².